The Morgan fingerprint density at radius 2 is 2.12 bits per heavy atom. The number of rotatable bonds is 7. The molecule has 2 aromatic rings. The van der Waals surface area contributed by atoms with Gasteiger partial charge in [0.1, 0.15) is 0 Å². The number of aromatic nitrogens is 3. The fourth-order valence-corrected chi connectivity index (χ4v) is 3.07. The van der Waals surface area contributed by atoms with Crippen molar-refractivity contribution in [2.45, 2.75) is 44.2 Å². The molecule has 1 atom stereocenters. The summed E-state index contributed by atoms with van der Waals surface area (Å²) in [5.74, 6) is 0.211. The van der Waals surface area contributed by atoms with Gasteiger partial charge in [-0.05, 0) is 37.0 Å². The monoisotopic (exact) mass is 342 g/mol. The molecule has 1 aliphatic carbocycles. The molecule has 3 rings (SSSR count). The zero-order chi connectivity index (χ0) is 17.6. The number of H-pyrrole nitrogens is 1. The molecule has 2 heterocycles. The second-order valence-electron chi connectivity index (χ2n) is 6.50. The highest BCUT2D eigenvalue weighted by Crippen LogP contribution is 2.31. The Hall–Kier alpha value is -2.54. The van der Waals surface area contributed by atoms with Crippen LogP contribution in [0.3, 0.4) is 0 Å². The Balaban J connectivity index is 1.56. The van der Waals surface area contributed by atoms with Crippen molar-refractivity contribution in [2.24, 2.45) is 5.92 Å². The molecule has 0 unspecified atom stereocenters. The van der Waals surface area contributed by atoms with Crippen molar-refractivity contribution >= 4 is 5.91 Å². The highest BCUT2D eigenvalue weighted by Gasteiger charge is 2.34. The molecule has 1 amide bonds. The summed E-state index contributed by atoms with van der Waals surface area (Å²) in [7, 11) is 0. The Morgan fingerprint density at radius 1 is 1.28 bits per heavy atom. The molecule has 3 N–H and O–H groups in total. The molecule has 0 radical (unpaired) electrons. The third-order valence-corrected chi connectivity index (χ3v) is 4.57. The lowest BCUT2D eigenvalue weighted by Crippen LogP contribution is -2.48. The summed E-state index contributed by atoms with van der Waals surface area (Å²) in [6, 6.07) is 8.73. The molecule has 0 saturated heterocycles. The summed E-state index contributed by atoms with van der Waals surface area (Å²) in [4.78, 5) is 27.6. The maximum Gasteiger partial charge on any atom is 0.264 e. The van der Waals surface area contributed by atoms with Crippen molar-refractivity contribution in [2.75, 3.05) is 0 Å². The van der Waals surface area contributed by atoms with Crippen molar-refractivity contribution in [1.82, 2.24) is 20.5 Å². The number of hydrogen-bond donors (Lipinski definition) is 3. The van der Waals surface area contributed by atoms with E-state index < -0.39 is 0 Å². The second-order valence-corrected chi connectivity index (χ2v) is 6.50. The van der Waals surface area contributed by atoms with E-state index >= 15 is 0 Å². The van der Waals surface area contributed by atoms with E-state index in [2.05, 4.69) is 20.5 Å². The third kappa shape index (κ3) is 4.96. The second kappa shape index (κ2) is 8.02. The van der Waals surface area contributed by atoms with Gasteiger partial charge >= 0.3 is 0 Å². The summed E-state index contributed by atoms with van der Waals surface area (Å²) in [5, 5.41) is 18.9. The van der Waals surface area contributed by atoms with Crippen LogP contribution in [0.5, 0.6) is 0 Å². The van der Waals surface area contributed by atoms with Crippen LogP contribution in [-0.4, -0.2) is 38.3 Å². The molecule has 7 heteroatoms. The maximum atomic E-state index is 12.3. The fraction of sp³-hybridized carbons (Fsp3) is 0.444. The lowest BCUT2D eigenvalue weighted by atomic mass is 9.76. The number of aromatic amines is 1. The number of aliphatic hydroxyl groups excluding tert-OH is 1. The number of amides is 1. The van der Waals surface area contributed by atoms with E-state index in [-0.39, 0.29) is 29.5 Å². The van der Waals surface area contributed by atoms with Gasteiger partial charge in [-0.2, -0.15) is 5.10 Å². The summed E-state index contributed by atoms with van der Waals surface area (Å²) >= 11 is 0. The number of carbonyl (C=O) groups is 1. The van der Waals surface area contributed by atoms with Crippen molar-refractivity contribution in [3.05, 3.63) is 58.3 Å². The summed E-state index contributed by atoms with van der Waals surface area (Å²) in [5.41, 5.74) is 1.35. The topological polar surface area (TPSA) is 108 Å². The molecule has 2 aromatic heterocycles. The van der Waals surface area contributed by atoms with Gasteiger partial charge in [-0.1, -0.05) is 6.07 Å². The maximum absolute atomic E-state index is 12.3. The minimum Gasteiger partial charge on any atom is -0.393 e. The van der Waals surface area contributed by atoms with Gasteiger partial charge in [0.05, 0.1) is 11.8 Å². The number of carbonyl (C=O) groups excluding carboxylic acids is 1. The molecule has 0 aromatic carbocycles. The van der Waals surface area contributed by atoms with Gasteiger partial charge in [0.2, 0.25) is 5.91 Å². The van der Waals surface area contributed by atoms with Gasteiger partial charge in [0.15, 0.2) is 0 Å². The Labute approximate surface area is 145 Å². The van der Waals surface area contributed by atoms with E-state index in [1.54, 1.807) is 12.3 Å². The van der Waals surface area contributed by atoms with Crippen LogP contribution in [0.15, 0.2) is 41.3 Å². The summed E-state index contributed by atoms with van der Waals surface area (Å²) in [6.07, 6.45) is 4.31. The van der Waals surface area contributed by atoms with Crippen LogP contribution in [-0.2, 0) is 17.6 Å². The molecule has 1 fully saturated rings. The Kier molecular flexibility index (Phi) is 5.55. The van der Waals surface area contributed by atoms with Gasteiger partial charge in [-0.3, -0.25) is 14.6 Å². The van der Waals surface area contributed by atoms with Crippen molar-refractivity contribution in [3.8, 4) is 0 Å². The SMILES string of the molecule is O=C(CCc1ccc(=O)[nH]n1)N[C@@H](Cc1ccccn1)C1CC(O)C1. The van der Waals surface area contributed by atoms with E-state index in [9.17, 15) is 14.7 Å². The van der Waals surface area contributed by atoms with E-state index in [4.69, 9.17) is 0 Å². The predicted molar refractivity (Wildman–Crippen MR) is 91.8 cm³/mol. The van der Waals surface area contributed by atoms with Gasteiger partial charge < -0.3 is 10.4 Å². The van der Waals surface area contributed by atoms with Crippen molar-refractivity contribution in [3.63, 3.8) is 0 Å². The first-order valence-corrected chi connectivity index (χ1v) is 8.52. The number of nitrogens with one attached hydrogen (secondary N) is 2. The van der Waals surface area contributed by atoms with Crippen LogP contribution >= 0.6 is 0 Å². The quantitative estimate of drug-likeness (QED) is 0.683. The Bertz CT molecular complexity index is 736. The number of hydrogen-bond acceptors (Lipinski definition) is 5. The molecule has 1 saturated carbocycles. The number of aryl methyl sites for hydroxylation is 1. The number of aliphatic hydroxyl groups is 1. The zero-order valence-corrected chi connectivity index (χ0v) is 13.9. The Morgan fingerprint density at radius 3 is 2.76 bits per heavy atom. The van der Waals surface area contributed by atoms with Gasteiger partial charge in [0, 0.05) is 43.3 Å². The first kappa shape index (κ1) is 17.3. The van der Waals surface area contributed by atoms with E-state index in [1.165, 1.54) is 6.07 Å². The molecule has 0 spiro atoms. The molecule has 7 nitrogen and oxygen atoms in total. The third-order valence-electron chi connectivity index (χ3n) is 4.57. The largest absolute Gasteiger partial charge is 0.393 e. The zero-order valence-electron chi connectivity index (χ0n) is 13.9. The average molecular weight is 342 g/mol. The minimum atomic E-state index is -0.265. The highest BCUT2D eigenvalue weighted by molar-refractivity contribution is 5.76. The summed E-state index contributed by atoms with van der Waals surface area (Å²) in [6.45, 7) is 0. The molecule has 0 bridgehead atoms. The van der Waals surface area contributed by atoms with Gasteiger partial charge in [-0.25, -0.2) is 5.10 Å². The first-order chi connectivity index (χ1) is 12.1. The van der Waals surface area contributed by atoms with Crippen LogP contribution < -0.4 is 10.9 Å². The van der Waals surface area contributed by atoms with Crippen LogP contribution in [0.2, 0.25) is 0 Å². The molecule has 1 aliphatic rings. The molecule has 0 aliphatic heterocycles. The molecular formula is C18H22N4O3. The highest BCUT2D eigenvalue weighted by atomic mass is 16.3. The normalized spacial score (nSPS) is 20.5. The molecule has 132 valence electrons. The lowest BCUT2D eigenvalue weighted by molar-refractivity contribution is -0.122. The van der Waals surface area contributed by atoms with Crippen LogP contribution in [0.25, 0.3) is 0 Å². The summed E-state index contributed by atoms with van der Waals surface area (Å²) < 4.78 is 0. The smallest absolute Gasteiger partial charge is 0.264 e. The van der Waals surface area contributed by atoms with Crippen molar-refractivity contribution < 1.29 is 9.90 Å². The first-order valence-electron chi connectivity index (χ1n) is 8.52. The standard InChI is InChI=1S/C18H22N4O3/c23-15-9-12(10-15)16(11-14-3-1-2-8-19-14)20-17(24)6-4-13-5-7-18(25)22-21-13/h1-3,5,7-8,12,15-16,23H,4,6,9-11H2,(H,20,24)(H,22,25)/t12?,15?,16-/m0/s1. The number of pyridine rings is 1. The van der Waals surface area contributed by atoms with Gasteiger partial charge in [0.25, 0.3) is 5.56 Å². The van der Waals surface area contributed by atoms with Crippen LogP contribution in [0.4, 0.5) is 0 Å². The molecular weight excluding hydrogens is 320 g/mol. The van der Waals surface area contributed by atoms with Crippen LogP contribution in [0.1, 0.15) is 30.7 Å². The van der Waals surface area contributed by atoms with Crippen molar-refractivity contribution in [1.29, 1.82) is 0 Å². The predicted octanol–water partition coefficient (Wildman–Crippen LogP) is 0.596. The van der Waals surface area contributed by atoms with Crippen LogP contribution in [0, 0.1) is 5.92 Å². The molecule has 25 heavy (non-hydrogen) atoms. The van der Waals surface area contributed by atoms with E-state index in [0.29, 0.717) is 37.8 Å². The average Bonchev–Trinajstić information content (AvgIpc) is 2.59. The fourth-order valence-electron chi connectivity index (χ4n) is 3.07. The van der Waals surface area contributed by atoms with Gasteiger partial charge in [-0.15, -0.1) is 0 Å². The van der Waals surface area contributed by atoms with E-state index in [1.807, 2.05) is 18.2 Å². The minimum absolute atomic E-state index is 0.0330. The van der Waals surface area contributed by atoms with E-state index in [0.717, 1.165) is 5.69 Å². The lowest BCUT2D eigenvalue weighted by Gasteiger charge is -2.38. The number of nitrogens with zero attached hydrogens (tertiary/aromatic N) is 2.